The van der Waals surface area contributed by atoms with Crippen molar-refractivity contribution in [2.24, 2.45) is 0 Å². The number of quaternary nitrogens is 1. The Hall–Kier alpha value is 0.620. The van der Waals surface area contributed by atoms with Crippen molar-refractivity contribution < 1.29 is 21.5 Å². The predicted molar refractivity (Wildman–Crippen MR) is 48.4 cm³/mol. The molecule has 0 atom stereocenters. The van der Waals surface area contributed by atoms with Crippen LogP contribution in [0, 0.1) is 0 Å². The van der Waals surface area contributed by atoms with Crippen molar-refractivity contribution in [2.75, 3.05) is 27.7 Å². The van der Waals surface area contributed by atoms with Gasteiger partial charge in [0, 0.05) is 0 Å². The van der Waals surface area contributed by atoms with Crippen LogP contribution >= 0.6 is 17.0 Å². The van der Waals surface area contributed by atoms with Crippen LogP contribution in [0.25, 0.3) is 0 Å². The van der Waals surface area contributed by atoms with E-state index in [4.69, 9.17) is 0 Å². The third-order valence-electron chi connectivity index (χ3n) is 0.677. The lowest BCUT2D eigenvalue weighted by Crippen LogP contribution is -3.00. The van der Waals surface area contributed by atoms with Crippen LogP contribution in [-0.2, 0) is 0 Å². The van der Waals surface area contributed by atoms with Gasteiger partial charge < -0.3 is 27.6 Å². The molecule has 0 aliphatic heterocycles. The zero-order valence-corrected chi connectivity index (χ0v) is 10.2. The average Bonchev–Trinajstić information content (AvgIpc) is 1.30. The van der Waals surface area contributed by atoms with Gasteiger partial charge in [-0.25, -0.2) is 0 Å². The van der Waals surface area contributed by atoms with Gasteiger partial charge in [0.1, 0.15) is 0 Å². The zero-order valence-electron chi connectivity index (χ0n) is 6.93. The Morgan fingerprint density at radius 1 is 1.30 bits per heavy atom. The van der Waals surface area contributed by atoms with E-state index in [0.29, 0.717) is 0 Å². The van der Waals surface area contributed by atoms with Crippen LogP contribution in [0.3, 0.4) is 0 Å². The Kier molecular flexibility index (Phi) is 21.6. The van der Waals surface area contributed by atoms with Crippen LogP contribution in [0.4, 0.5) is 0 Å². The lowest BCUT2D eigenvalue weighted by Gasteiger charge is -2.21. The highest BCUT2D eigenvalue weighted by Gasteiger charge is 1.99. The molecule has 4 heteroatoms. The van der Waals surface area contributed by atoms with E-state index >= 15 is 0 Å². The van der Waals surface area contributed by atoms with Gasteiger partial charge in [0.2, 0.25) is 0 Å². The van der Waals surface area contributed by atoms with E-state index in [2.05, 4.69) is 27.7 Å². The van der Waals surface area contributed by atoms with Gasteiger partial charge >= 0.3 is 0 Å². The molecule has 0 amide bonds. The van der Waals surface area contributed by atoms with Crippen molar-refractivity contribution in [1.82, 2.24) is 6.15 Å². The van der Waals surface area contributed by atoms with Gasteiger partial charge in [-0.2, -0.15) is 0 Å². The molecule has 0 aromatic heterocycles. The molecule has 66 valence electrons. The predicted octanol–water partition coefficient (Wildman–Crippen LogP) is -1.38. The van der Waals surface area contributed by atoms with Gasteiger partial charge in [0.05, 0.1) is 27.7 Å². The molecule has 0 rings (SSSR count). The van der Waals surface area contributed by atoms with Crippen LogP contribution in [0.2, 0.25) is 0 Å². The molecule has 0 saturated carbocycles. The van der Waals surface area contributed by atoms with E-state index in [1.54, 1.807) is 0 Å². The van der Waals surface area contributed by atoms with Crippen LogP contribution in [0.1, 0.15) is 0 Å². The summed E-state index contributed by atoms with van der Waals surface area (Å²) in [6.07, 6.45) is 1.93. The fraction of sp³-hybridized carbons (Fsp3) is 0.667. The molecule has 0 unspecified atom stereocenters. The molecule has 10 heavy (non-hydrogen) atoms. The number of nitrogens with zero attached hydrogens (tertiary/aromatic N) is 1. The van der Waals surface area contributed by atoms with E-state index in [1.165, 1.54) is 0 Å². The minimum Gasteiger partial charge on any atom is -1.00 e. The molecule has 0 aliphatic carbocycles. The van der Waals surface area contributed by atoms with Gasteiger partial charge in [-0.15, -0.1) is 17.0 Å². The second kappa shape index (κ2) is 9.62. The summed E-state index contributed by atoms with van der Waals surface area (Å²) in [5.74, 6) is 0. The Balaban J connectivity index is -0.0000000600. The van der Waals surface area contributed by atoms with Gasteiger partial charge in [-0.3, -0.25) is 0 Å². The zero-order chi connectivity index (χ0) is 5.91. The van der Waals surface area contributed by atoms with Crippen molar-refractivity contribution in [3.8, 4) is 0 Å². The maximum Gasteiger partial charge on any atom is 0.0964 e. The molecule has 3 N–H and O–H groups in total. The fourth-order valence-corrected chi connectivity index (χ4v) is 0.387. The van der Waals surface area contributed by atoms with E-state index in [1.807, 2.05) is 6.08 Å². The smallest absolute Gasteiger partial charge is 0.0964 e. The van der Waals surface area contributed by atoms with Crippen molar-refractivity contribution in [3.63, 3.8) is 0 Å². The Morgan fingerprint density at radius 2 is 1.60 bits per heavy atom. The first-order valence-electron chi connectivity index (χ1n) is 2.47. The minimum absolute atomic E-state index is 0. The summed E-state index contributed by atoms with van der Waals surface area (Å²) in [6, 6.07) is 0. The summed E-state index contributed by atoms with van der Waals surface area (Å²) in [5, 5.41) is 0. The topological polar surface area (TPSA) is 35.0 Å². The fourth-order valence-electron chi connectivity index (χ4n) is 0.387. The Bertz CT molecular complexity index is 68.6. The molecule has 0 aliphatic rings. The largest absolute Gasteiger partial charge is 1.00 e. The minimum atomic E-state index is 0. The van der Waals surface area contributed by atoms with Crippen molar-refractivity contribution in [3.05, 3.63) is 12.7 Å². The third kappa shape index (κ3) is 23.4. The van der Waals surface area contributed by atoms with Gasteiger partial charge in [0.15, 0.2) is 0 Å². The average molecular weight is 278 g/mol. The highest BCUT2D eigenvalue weighted by molar-refractivity contribution is 8.93. The first kappa shape index (κ1) is 22.4. The Morgan fingerprint density at radius 3 is 1.60 bits per heavy atom. The molecule has 0 spiro atoms. The molecular weight excluding hydrogens is 260 g/mol. The van der Waals surface area contributed by atoms with E-state index in [0.717, 1.165) is 11.0 Å². The van der Waals surface area contributed by atoms with E-state index < -0.39 is 0 Å². The van der Waals surface area contributed by atoms with Crippen LogP contribution in [-0.4, -0.2) is 32.2 Å². The lowest BCUT2D eigenvalue weighted by molar-refractivity contribution is -0.864. The van der Waals surface area contributed by atoms with Gasteiger partial charge in [-0.1, -0.05) is 6.58 Å². The summed E-state index contributed by atoms with van der Waals surface area (Å²) < 4.78 is 0.976. The summed E-state index contributed by atoms with van der Waals surface area (Å²) in [7, 11) is 6.42. The second-order valence-electron chi connectivity index (χ2n) is 2.76. The van der Waals surface area contributed by atoms with Crippen LogP contribution in [0.15, 0.2) is 12.7 Å². The highest BCUT2D eigenvalue weighted by Crippen LogP contribution is 1.86. The number of rotatable bonds is 2. The van der Waals surface area contributed by atoms with Crippen molar-refractivity contribution in [2.45, 2.75) is 0 Å². The standard InChI is InChI=1S/C6H14N.2BrH.H3N/c1-5-6-7(2,3)4;;;/h5H,1,6H2,2-4H3;2*1H;1H3/q+1;;;/p-1. The second-order valence-corrected chi connectivity index (χ2v) is 2.76. The maximum absolute atomic E-state index is 3.63. The normalized spacial score (nSPS) is 7.90. The first-order valence-corrected chi connectivity index (χ1v) is 2.47. The number of hydrogen-bond acceptors (Lipinski definition) is 1. The van der Waals surface area contributed by atoms with Gasteiger partial charge in [0.25, 0.3) is 0 Å². The lowest BCUT2D eigenvalue weighted by atomic mass is 10.5. The number of likely N-dealkylation sites (N-methyl/N-ethyl adjacent to an activating group) is 1. The first-order chi connectivity index (χ1) is 3.06. The number of halogens is 2. The molecule has 0 heterocycles. The number of hydrogen-bond donors (Lipinski definition) is 1. The van der Waals surface area contributed by atoms with Crippen molar-refractivity contribution in [1.29, 1.82) is 0 Å². The molecule has 0 aromatic rings. The molecule has 0 fully saturated rings. The quantitative estimate of drug-likeness (QED) is 0.490. The SMILES string of the molecule is Br.C=CC[N+](C)(C)C.N.[Br-]. The van der Waals surface area contributed by atoms with Gasteiger partial charge in [-0.05, 0) is 6.08 Å². The summed E-state index contributed by atoms with van der Waals surface area (Å²) in [5.41, 5.74) is 0. The highest BCUT2D eigenvalue weighted by atomic mass is 79.9. The molecule has 0 bridgehead atoms. The third-order valence-corrected chi connectivity index (χ3v) is 0.677. The summed E-state index contributed by atoms with van der Waals surface area (Å²) in [4.78, 5) is 0. The van der Waals surface area contributed by atoms with Crippen LogP contribution in [0.5, 0.6) is 0 Å². The summed E-state index contributed by atoms with van der Waals surface area (Å²) >= 11 is 0. The van der Waals surface area contributed by atoms with E-state index in [9.17, 15) is 0 Å². The Labute approximate surface area is 85.0 Å². The summed E-state index contributed by atoms with van der Waals surface area (Å²) in [6.45, 7) is 4.67. The monoisotopic (exact) mass is 276 g/mol. The molecule has 0 radical (unpaired) electrons. The molecular formula is C6H18Br2N2. The van der Waals surface area contributed by atoms with E-state index in [-0.39, 0.29) is 40.1 Å². The molecule has 2 nitrogen and oxygen atoms in total. The molecule has 0 aromatic carbocycles. The molecule has 0 saturated heterocycles. The maximum atomic E-state index is 3.63. The van der Waals surface area contributed by atoms with Crippen LogP contribution < -0.4 is 23.1 Å². The van der Waals surface area contributed by atoms with Crippen molar-refractivity contribution >= 4 is 17.0 Å².